The van der Waals surface area contributed by atoms with E-state index in [9.17, 15) is 4.79 Å². The predicted octanol–water partition coefficient (Wildman–Crippen LogP) is 3.31. The zero-order valence-electron chi connectivity index (χ0n) is 14.6. The summed E-state index contributed by atoms with van der Waals surface area (Å²) in [5, 5.41) is 14.1. The highest BCUT2D eigenvalue weighted by molar-refractivity contribution is 5.92. The third kappa shape index (κ3) is 4.94. The van der Waals surface area contributed by atoms with Gasteiger partial charge in [0.2, 0.25) is 0 Å². The van der Waals surface area contributed by atoms with Gasteiger partial charge in [-0.1, -0.05) is 19.9 Å². The van der Waals surface area contributed by atoms with E-state index in [2.05, 4.69) is 34.7 Å². The highest BCUT2D eigenvalue weighted by Crippen LogP contribution is 2.27. The molecule has 1 heterocycles. The summed E-state index contributed by atoms with van der Waals surface area (Å²) >= 11 is 0. The summed E-state index contributed by atoms with van der Waals surface area (Å²) in [6.45, 7) is 6.87. The molecule has 0 unspecified atom stereocenters. The van der Waals surface area contributed by atoms with Crippen LogP contribution in [0.15, 0.2) is 30.3 Å². The Hall–Kier alpha value is -2.63. The molecule has 0 fully saturated rings. The summed E-state index contributed by atoms with van der Waals surface area (Å²) in [4.78, 5) is 12.0. The van der Waals surface area contributed by atoms with Crippen molar-refractivity contribution in [1.82, 2.24) is 15.5 Å². The zero-order chi connectivity index (χ0) is 17.5. The number of hydrogen-bond donors (Lipinski definition) is 2. The van der Waals surface area contributed by atoms with Crippen LogP contribution in [-0.4, -0.2) is 29.8 Å². The van der Waals surface area contributed by atoms with Crippen molar-refractivity contribution in [3.63, 3.8) is 0 Å². The van der Waals surface area contributed by atoms with E-state index in [-0.39, 0.29) is 5.91 Å². The zero-order valence-corrected chi connectivity index (χ0v) is 14.6. The van der Waals surface area contributed by atoms with Crippen LogP contribution in [0.25, 0.3) is 0 Å². The van der Waals surface area contributed by atoms with Gasteiger partial charge in [-0.2, -0.15) is 0 Å². The third-order valence-corrected chi connectivity index (χ3v) is 3.52. The van der Waals surface area contributed by atoms with Crippen LogP contribution in [-0.2, 0) is 0 Å². The van der Waals surface area contributed by atoms with Gasteiger partial charge < -0.3 is 15.4 Å². The van der Waals surface area contributed by atoms with Gasteiger partial charge in [0.1, 0.15) is 5.75 Å². The van der Waals surface area contributed by atoms with Crippen LogP contribution in [0.1, 0.15) is 36.3 Å². The highest BCUT2D eigenvalue weighted by atomic mass is 16.5. The van der Waals surface area contributed by atoms with Crippen molar-refractivity contribution in [2.75, 3.05) is 19.0 Å². The fraction of sp³-hybridized carbons (Fsp3) is 0.389. The average Bonchev–Trinajstić information content (AvgIpc) is 2.55. The molecule has 24 heavy (non-hydrogen) atoms. The molecule has 0 saturated heterocycles. The quantitative estimate of drug-likeness (QED) is 0.815. The van der Waals surface area contributed by atoms with Crippen molar-refractivity contribution in [3.05, 3.63) is 41.6 Å². The maximum atomic E-state index is 12.0. The SMILES string of the molecule is COc1ccc(C)cc1Nc1ccc(C(=O)NCCC(C)C)nn1. The van der Waals surface area contributed by atoms with E-state index < -0.39 is 0 Å². The molecule has 6 heteroatoms. The molecule has 0 spiro atoms. The molecule has 0 saturated carbocycles. The molecule has 1 amide bonds. The van der Waals surface area contributed by atoms with Crippen LogP contribution in [0.3, 0.4) is 0 Å². The van der Waals surface area contributed by atoms with Crippen molar-refractivity contribution in [2.24, 2.45) is 5.92 Å². The first-order chi connectivity index (χ1) is 11.5. The molecular weight excluding hydrogens is 304 g/mol. The van der Waals surface area contributed by atoms with E-state index in [1.54, 1.807) is 19.2 Å². The van der Waals surface area contributed by atoms with Gasteiger partial charge in [-0.05, 0) is 49.1 Å². The summed E-state index contributed by atoms with van der Waals surface area (Å²) in [6, 6.07) is 9.21. The summed E-state index contributed by atoms with van der Waals surface area (Å²) in [7, 11) is 1.62. The number of benzene rings is 1. The minimum Gasteiger partial charge on any atom is -0.495 e. The van der Waals surface area contributed by atoms with Gasteiger partial charge in [0.15, 0.2) is 11.5 Å². The number of nitrogens with zero attached hydrogens (tertiary/aromatic N) is 2. The topological polar surface area (TPSA) is 76.1 Å². The van der Waals surface area contributed by atoms with Gasteiger partial charge in [0, 0.05) is 6.54 Å². The number of carbonyl (C=O) groups is 1. The van der Waals surface area contributed by atoms with Gasteiger partial charge in [0.05, 0.1) is 12.8 Å². The van der Waals surface area contributed by atoms with E-state index in [4.69, 9.17) is 4.74 Å². The van der Waals surface area contributed by atoms with Crippen LogP contribution in [0.4, 0.5) is 11.5 Å². The third-order valence-electron chi connectivity index (χ3n) is 3.52. The first-order valence-corrected chi connectivity index (χ1v) is 8.03. The summed E-state index contributed by atoms with van der Waals surface area (Å²) < 4.78 is 5.32. The number of aromatic nitrogens is 2. The second-order valence-corrected chi connectivity index (χ2v) is 6.07. The molecule has 2 N–H and O–H groups in total. The van der Waals surface area contributed by atoms with E-state index in [0.29, 0.717) is 24.0 Å². The number of aryl methyl sites for hydroxylation is 1. The van der Waals surface area contributed by atoms with Crippen molar-refractivity contribution >= 4 is 17.4 Å². The maximum Gasteiger partial charge on any atom is 0.271 e. The lowest BCUT2D eigenvalue weighted by Gasteiger charge is -2.11. The molecule has 0 atom stereocenters. The van der Waals surface area contributed by atoms with E-state index in [1.165, 1.54) is 0 Å². The molecule has 128 valence electrons. The summed E-state index contributed by atoms with van der Waals surface area (Å²) in [5.74, 6) is 1.62. The Labute approximate surface area is 142 Å². The molecule has 0 aliphatic rings. The van der Waals surface area contributed by atoms with Crippen LogP contribution in [0.5, 0.6) is 5.75 Å². The Morgan fingerprint density at radius 1 is 1.21 bits per heavy atom. The van der Waals surface area contributed by atoms with Gasteiger partial charge in [-0.25, -0.2) is 0 Å². The molecule has 1 aromatic carbocycles. The number of anilines is 2. The van der Waals surface area contributed by atoms with Gasteiger partial charge in [-0.3, -0.25) is 4.79 Å². The van der Waals surface area contributed by atoms with E-state index in [1.807, 2.05) is 25.1 Å². The number of amides is 1. The van der Waals surface area contributed by atoms with Crippen molar-refractivity contribution in [2.45, 2.75) is 27.2 Å². The Kier molecular flexibility index (Phi) is 6.12. The number of methoxy groups -OCH3 is 1. The molecule has 2 aromatic rings. The van der Waals surface area contributed by atoms with Crippen LogP contribution in [0.2, 0.25) is 0 Å². The Morgan fingerprint density at radius 2 is 2.00 bits per heavy atom. The first-order valence-electron chi connectivity index (χ1n) is 8.03. The second-order valence-electron chi connectivity index (χ2n) is 6.07. The monoisotopic (exact) mass is 328 g/mol. The van der Waals surface area contributed by atoms with E-state index >= 15 is 0 Å². The number of hydrogen-bond acceptors (Lipinski definition) is 5. The first kappa shape index (κ1) is 17.7. The van der Waals surface area contributed by atoms with Crippen molar-refractivity contribution in [3.8, 4) is 5.75 Å². The lowest BCUT2D eigenvalue weighted by molar-refractivity contribution is 0.0946. The largest absolute Gasteiger partial charge is 0.495 e. The summed E-state index contributed by atoms with van der Waals surface area (Å²) in [5.41, 5.74) is 2.22. The molecule has 1 aromatic heterocycles. The van der Waals surface area contributed by atoms with Crippen molar-refractivity contribution in [1.29, 1.82) is 0 Å². The van der Waals surface area contributed by atoms with Gasteiger partial charge in [0.25, 0.3) is 5.91 Å². The Bertz CT molecular complexity index is 684. The minimum atomic E-state index is -0.206. The normalized spacial score (nSPS) is 10.5. The molecule has 6 nitrogen and oxygen atoms in total. The fourth-order valence-electron chi connectivity index (χ4n) is 2.14. The molecule has 2 rings (SSSR count). The van der Waals surface area contributed by atoms with Crippen LogP contribution in [0, 0.1) is 12.8 Å². The molecule has 0 aliphatic heterocycles. The molecule has 0 aliphatic carbocycles. The Morgan fingerprint density at radius 3 is 2.62 bits per heavy atom. The highest BCUT2D eigenvalue weighted by Gasteiger charge is 2.09. The van der Waals surface area contributed by atoms with E-state index in [0.717, 1.165) is 23.4 Å². The number of ether oxygens (including phenoxy) is 1. The maximum absolute atomic E-state index is 12.0. The minimum absolute atomic E-state index is 0.206. The van der Waals surface area contributed by atoms with Crippen LogP contribution >= 0.6 is 0 Å². The standard InChI is InChI=1S/C18H24N4O2/c1-12(2)9-10-19-18(23)14-6-8-17(22-21-14)20-15-11-13(3)5-7-16(15)24-4/h5-8,11-12H,9-10H2,1-4H3,(H,19,23)(H,20,22). The number of nitrogens with one attached hydrogen (secondary N) is 2. The fourth-order valence-corrected chi connectivity index (χ4v) is 2.14. The molecular formula is C18H24N4O2. The summed E-state index contributed by atoms with van der Waals surface area (Å²) in [6.07, 6.45) is 0.936. The number of rotatable bonds is 7. The molecule has 0 bridgehead atoms. The number of carbonyl (C=O) groups excluding carboxylic acids is 1. The lowest BCUT2D eigenvalue weighted by Crippen LogP contribution is -2.26. The average molecular weight is 328 g/mol. The van der Waals surface area contributed by atoms with Crippen LogP contribution < -0.4 is 15.4 Å². The molecule has 0 radical (unpaired) electrons. The second kappa shape index (κ2) is 8.29. The lowest BCUT2D eigenvalue weighted by atomic mass is 10.1. The predicted molar refractivity (Wildman–Crippen MR) is 94.8 cm³/mol. The van der Waals surface area contributed by atoms with Crippen molar-refractivity contribution < 1.29 is 9.53 Å². The van der Waals surface area contributed by atoms with Gasteiger partial charge >= 0.3 is 0 Å². The Balaban J connectivity index is 2.02. The smallest absolute Gasteiger partial charge is 0.271 e. The van der Waals surface area contributed by atoms with Gasteiger partial charge in [-0.15, -0.1) is 10.2 Å².